The number of hydrogen-bond acceptors (Lipinski definition) is 1. The van der Waals surface area contributed by atoms with Crippen molar-refractivity contribution in [2.45, 2.75) is 40.5 Å². The highest BCUT2D eigenvalue weighted by molar-refractivity contribution is 5.94. The quantitative estimate of drug-likeness (QED) is 0.715. The minimum absolute atomic E-state index is 0.101. The first-order chi connectivity index (χ1) is 10.4. The summed E-state index contributed by atoms with van der Waals surface area (Å²) in [4.78, 5) is 13.3. The van der Waals surface area contributed by atoms with Crippen molar-refractivity contribution in [2.24, 2.45) is 17.3 Å². The lowest BCUT2D eigenvalue weighted by Crippen LogP contribution is -2.39. The third-order valence-electron chi connectivity index (χ3n) is 4.81. The smallest absolute Gasteiger partial charge is 0.150 e. The van der Waals surface area contributed by atoms with E-state index in [1.165, 1.54) is 5.57 Å². The van der Waals surface area contributed by atoms with Crippen LogP contribution in [-0.2, 0) is 4.79 Å². The second-order valence-corrected chi connectivity index (χ2v) is 6.91. The number of hydrogen-bond donors (Lipinski definition) is 0. The van der Waals surface area contributed by atoms with Gasteiger partial charge in [0.15, 0.2) is 5.78 Å². The van der Waals surface area contributed by atoms with Crippen molar-refractivity contribution in [3.8, 4) is 0 Å². The monoisotopic (exact) mass is 295 g/mol. The van der Waals surface area contributed by atoms with Crippen molar-refractivity contribution in [1.29, 1.82) is 0 Å². The van der Waals surface area contributed by atoms with Crippen molar-refractivity contribution < 1.29 is 4.79 Å². The molecule has 1 aromatic carbocycles. The van der Waals surface area contributed by atoms with Crippen molar-refractivity contribution >= 4 is 5.78 Å². The van der Waals surface area contributed by atoms with Crippen LogP contribution in [0.3, 0.4) is 0 Å². The summed E-state index contributed by atoms with van der Waals surface area (Å²) in [6.07, 6.45) is 8.48. The van der Waals surface area contributed by atoms with E-state index >= 15 is 0 Å². The molecule has 1 nitrogen and oxygen atoms in total. The van der Waals surface area contributed by atoms with Gasteiger partial charge in [-0.25, -0.2) is 0 Å². The van der Waals surface area contributed by atoms with E-state index in [1.54, 1.807) is 0 Å². The Morgan fingerprint density at radius 2 is 1.64 bits per heavy atom. The van der Waals surface area contributed by atoms with Gasteiger partial charge in [0.25, 0.3) is 0 Å². The third-order valence-corrected chi connectivity index (χ3v) is 4.81. The standard InChI is InChI=1S/C21H27O/c1-15(2)19-12-9-13-21(14-19,16(3)4)20(22)17(5)18-10-7-6-8-11-18/h6-17H,1-5H3. The fourth-order valence-electron chi connectivity index (χ4n) is 3.11. The van der Waals surface area contributed by atoms with Crippen LogP contribution >= 0.6 is 0 Å². The lowest BCUT2D eigenvalue weighted by atomic mass is 9.63. The molecule has 2 atom stereocenters. The van der Waals surface area contributed by atoms with Gasteiger partial charge >= 0.3 is 0 Å². The fraction of sp³-hybridized carbons (Fsp3) is 0.429. The van der Waals surface area contributed by atoms with Gasteiger partial charge in [0.1, 0.15) is 0 Å². The van der Waals surface area contributed by atoms with Crippen LogP contribution in [0.25, 0.3) is 0 Å². The fourth-order valence-corrected chi connectivity index (χ4v) is 3.11. The number of ketones is 1. The first-order valence-corrected chi connectivity index (χ1v) is 8.23. The second kappa shape index (κ2) is 6.64. The molecule has 1 aliphatic rings. The van der Waals surface area contributed by atoms with Crippen LogP contribution in [0.15, 0.2) is 54.1 Å². The second-order valence-electron chi connectivity index (χ2n) is 6.91. The molecule has 0 bridgehead atoms. The molecular formula is C21H27O. The molecule has 2 rings (SSSR count). The number of benzene rings is 1. The summed E-state index contributed by atoms with van der Waals surface area (Å²) >= 11 is 0. The molecule has 1 aromatic rings. The first-order valence-electron chi connectivity index (χ1n) is 8.23. The van der Waals surface area contributed by atoms with E-state index in [0.717, 1.165) is 5.56 Å². The highest BCUT2D eigenvalue weighted by atomic mass is 16.1. The molecule has 0 fully saturated rings. The minimum atomic E-state index is -0.496. The molecule has 0 amide bonds. The first kappa shape index (κ1) is 16.7. The lowest BCUT2D eigenvalue weighted by Gasteiger charge is -2.38. The zero-order valence-corrected chi connectivity index (χ0v) is 14.3. The topological polar surface area (TPSA) is 17.1 Å². The molecule has 0 aromatic heterocycles. The Labute approximate surface area is 135 Å². The Balaban J connectivity index is 2.35. The Bertz CT molecular complexity index is 577. The van der Waals surface area contributed by atoms with Gasteiger partial charge in [-0.1, -0.05) is 88.8 Å². The van der Waals surface area contributed by atoms with Crippen LogP contribution in [-0.4, -0.2) is 5.78 Å². The summed E-state index contributed by atoms with van der Waals surface area (Å²) in [6.45, 7) is 10.7. The molecule has 0 N–H and O–H groups in total. The number of carbonyl (C=O) groups excluding carboxylic acids is 1. The number of carbonyl (C=O) groups is 1. The maximum absolute atomic E-state index is 13.3. The van der Waals surface area contributed by atoms with E-state index in [2.05, 4.69) is 52.3 Å². The summed E-state index contributed by atoms with van der Waals surface area (Å²) < 4.78 is 0. The predicted octanol–water partition coefficient (Wildman–Crippen LogP) is 5.36. The summed E-state index contributed by atoms with van der Waals surface area (Å²) in [7, 11) is 0. The Morgan fingerprint density at radius 3 is 2.18 bits per heavy atom. The van der Waals surface area contributed by atoms with Gasteiger partial charge in [0, 0.05) is 12.3 Å². The highest BCUT2D eigenvalue weighted by Crippen LogP contribution is 2.44. The van der Waals surface area contributed by atoms with Crippen LogP contribution in [0, 0.1) is 23.7 Å². The predicted molar refractivity (Wildman–Crippen MR) is 93.5 cm³/mol. The average molecular weight is 295 g/mol. The number of rotatable bonds is 5. The molecule has 1 aliphatic carbocycles. The Morgan fingerprint density at radius 1 is 1.00 bits per heavy atom. The normalized spacial score (nSPS) is 22.8. The van der Waals surface area contributed by atoms with Crippen LogP contribution in [0.2, 0.25) is 0 Å². The summed E-state index contributed by atoms with van der Waals surface area (Å²) in [5.74, 6) is 0.861. The van der Waals surface area contributed by atoms with E-state index in [9.17, 15) is 4.79 Å². The molecule has 117 valence electrons. The van der Waals surface area contributed by atoms with Gasteiger partial charge in [-0.05, 0) is 17.4 Å². The van der Waals surface area contributed by atoms with Gasteiger partial charge in [-0.3, -0.25) is 4.79 Å². The van der Waals surface area contributed by atoms with Crippen LogP contribution < -0.4 is 0 Å². The summed E-state index contributed by atoms with van der Waals surface area (Å²) in [5, 5.41) is 0. The Kier molecular flexibility index (Phi) is 5.05. The van der Waals surface area contributed by atoms with E-state index < -0.39 is 5.41 Å². The molecule has 1 radical (unpaired) electrons. The molecule has 0 aliphatic heterocycles. The van der Waals surface area contributed by atoms with E-state index in [1.807, 2.05) is 37.3 Å². The molecule has 0 saturated heterocycles. The summed E-state index contributed by atoms with van der Waals surface area (Å²) in [6, 6.07) is 10.1. The van der Waals surface area contributed by atoms with Crippen LogP contribution in [0.4, 0.5) is 0 Å². The number of allylic oxidation sites excluding steroid dienone is 4. The zero-order chi connectivity index (χ0) is 16.3. The SMILES string of the molecule is CC(C)C1=CC=CC(C(=O)C(C)c2ccccc2)(C(C)C)[CH]1. The Hall–Kier alpha value is -1.63. The largest absolute Gasteiger partial charge is 0.298 e. The van der Waals surface area contributed by atoms with Gasteiger partial charge < -0.3 is 0 Å². The van der Waals surface area contributed by atoms with Gasteiger partial charge in [-0.2, -0.15) is 0 Å². The van der Waals surface area contributed by atoms with Gasteiger partial charge in [-0.15, -0.1) is 0 Å². The molecule has 22 heavy (non-hydrogen) atoms. The summed E-state index contributed by atoms with van der Waals surface area (Å²) in [5.41, 5.74) is 1.85. The molecule has 1 heteroatoms. The average Bonchev–Trinajstić information content (AvgIpc) is 2.54. The molecular weight excluding hydrogens is 268 g/mol. The molecule has 0 saturated carbocycles. The van der Waals surface area contributed by atoms with E-state index in [0.29, 0.717) is 5.92 Å². The maximum Gasteiger partial charge on any atom is 0.150 e. The van der Waals surface area contributed by atoms with Gasteiger partial charge in [0.2, 0.25) is 0 Å². The van der Waals surface area contributed by atoms with Crippen molar-refractivity contribution in [1.82, 2.24) is 0 Å². The lowest BCUT2D eigenvalue weighted by molar-refractivity contribution is -0.127. The van der Waals surface area contributed by atoms with E-state index in [4.69, 9.17) is 0 Å². The van der Waals surface area contributed by atoms with Crippen molar-refractivity contribution in [3.05, 3.63) is 66.1 Å². The van der Waals surface area contributed by atoms with Crippen molar-refractivity contribution in [3.63, 3.8) is 0 Å². The molecule has 0 heterocycles. The minimum Gasteiger partial charge on any atom is -0.298 e. The molecule has 2 unspecified atom stereocenters. The zero-order valence-electron chi connectivity index (χ0n) is 14.3. The van der Waals surface area contributed by atoms with Crippen LogP contribution in [0.1, 0.15) is 46.1 Å². The van der Waals surface area contributed by atoms with Gasteiger partial charge in [0.05, 0.1) is 5.41 Å². The maximum atomic E-state index is 13.3. The van der Waals surface area contributed by atoms with Crippen molar-refractivity contribution in [2.75, 3.05) is 0 Å². The van der Waals surface area contributed by atoms with E-state index in [-0.39, 0.29) is 17.6 Å². The highest BCUT2D eigenvalue weighted by Gasteiger charge is 2.43. The molecule has 0 spiro atoms. The number of Topliss-reactive ketones (excluding diaryl/α,β-unsaturated/α-hetero) is 1. The third kappa shape index (κ3) is 3.09. The van der Waals surface area contributed by atoms with Crippen LogP contribution in [0.5, 0.6) is 0 Å².